The summed E-state index contributed by atoms with van der Waals surface area (Å²) in [4.78, 5) is 18.1. The average Bonchev–Trinajstić information content (AvgIpc) is 2.84. The number of piperidine rings is 1. The summed E-state index contributed by atoms with van der Waals surface area (Å²) < 4.78 is 24.9. The second kappa shape index (κ2) is 10.2. The molecule has 5 nitrogen and oxygen atoms in total. The predicted molar refractivity (Wildman–Crippen MR) is 128 cm³/mol. The maximum atomic E-state index is 13.8. The molecule has 2 aliphatic rings. The highest BCUT2D eigenvalue weighted by molar-refractivity contribution is 5.83. The molecule has 0 aliphatic carbocycles. The highest BCUT2D eigenvalue weighted by atomic mass is 19.1. The Morgan fingerprint density at radius 3 is 2.39 bits per heavy atom. The molecule has 2 aliphatic heterocycles. The zero-order valence-electron chi connectivity index (χ0n) is 20.0. The van der Waals surface area contributed by atoms with Gasteiger partial charge in [-0.3, -0.25) is 4.79 Å². The molecule has 0 atom stereocenters. The van der Waals surface area contributed by atoms with Gasteiger partial charge in [0, 0.05) is 37.9 Å². The molecule has 33 heavy (non-hydrogen) atoms. The van der Waals surface area contributed by atoms with E-state index in [1.807, 2.05) is 12.1 Å². The molecule has 2 aromatic rings. The Hall–Kier alpha value is -2.44. The SMILES string of the molecule is COc1ccc(F)cc1-c1ccc(CC2(C(=O)N3CCC(N(C)C)CC3)CCOCC2)cc1. The summed E-state index contributed by atoms with van der Waals surface area (Å²) in [6.45, 7) is 2.89. The lowest BCUT2D eigenvalue weighted by Gasteiger charge is -2.43. The zero-order chi connectivity index (χ0) is 23.4. The molecule has 2 fully saturated rings. The molecule has 2 saturated heterocycles. The van der Waals surface area contributed by atoms with Crippen molar-refractivity contribution in [1.82, 2.24) is 9.80 Å². The fourth-order valence-corrected chi connectivity index (χ4v) is 5.25. The second-order valence-electron chi connectivity index (χ2n) is 9.60. The number of rotatable bonds is 6. The fourth-order valence-electron chi connectivity index (χ4n) is 5.25. The van der Waals surface area contributed by atoms with E-state index in [9.17, 15) is 9.18 Å². The van der Waals surface area contributed by atoms with Crippen molar-refractivity contribution in [2.45, 2.75) is 38.1 Å². The number of amides is 1. The zero-order valence-corrected chi connectivity index (χ0v) is 20.0. The lowest BCUT2D eigenvalue weighted by Crippen LogP contribution is -2.52. The third kappa shape index (κ3) is 5.22. The fraction of sp³-hybridized carbons (Fsp3) is 0.519. The molecule has 0 saturated carbocycles. The van der Waals surface area contributed by atoms with Crippen LogP contribution in [0.5, 0.6) is 5.75 Å². The number of hydrogen-bond acceptors (Lipinski definition) is 4. The van der Waals surface area contributed by atoms with Gasteiger partial charge in [-0.2, -0.15) is 0 Å². The molecule has 6 heteroatoms. The van der Waals surface area contributed by atoms with Crippen LogP contribution in [0.25, 0.3) is 11.1 Å². The molecule has 0 unspecified atom stereocenters. The Kier molecular flexibility index (Phi) is 7.35. The molecular formula is C27H35FN2O3. The van der Waals surface area contributed by atoms with E-state index in [4.69, 9.17) is 9.47 Å². The first-order valence-corrected chi connectivity index (χ1v) is 11.9. The average molecular weight is 455 g/mol. The van der Waals surface area contributed by atoms with Crippen molar-refractivity contribution in [3.8, 4) is 16.9 Å². The van der Waals surface area contributed by atoms with Crippen molar-refractivity contribution in [1.29, 1.82) is 0 Å². The first-order valence-electron chi connectivity index (χ1n) is 11.9. The molecule has 178 valence electrons. The summed E-state index contributed by atoms with van der Waals surface area (Å²) in [5.74, 6) is 0.625. The summed E-state index contributed by atoms with van der Waals surface area (Å²) in [6.07, 6.45) is 4.24. The number of halogens is 1. The molecule has 0 N–H and O–H groups in total. The van der Waals surface area contributed by atoms with Crippen LogP contribution < -0.4 is 4.74 Å². The minimum absolute atomic E-state index is 0.277. The van der Waals surface area contributed by atoms with E-state index in [0.717, 1.165) is 55.5 Å². The van der Waals surface area contributed by atoms with Gasteiger partial charge >= 0.3 is 0 Å². The summed E-state index contributed by atoms with van der Waals surface area (Å²) >= 11 is 0. The number of nitrogens with zero attached hydrogens (tertiary/aromatic N) is 2. The molecule has 4 rings (SSSR count). The topological polar surface area (TPSA) is 42.0 Å². The third-order valence-electron chi connectivity index (χ3n) is 7.35. The first kappa shape index (κ1) is 23.7. The van der Waals surface area contributed by atoms with Crippen LogP contribution in [0.3, 0.4) is 0 Å². The van der Waals surface area contributed by atoms with E-state index >= 15 is 0 Å². The van der Waals surface area contributed by atoms with E-state index in [2.05, 4.69) is 36.0 Å². The van der Waals surface area contributed by atoms with Gasteiger partial charge in [0.1, 0.15) is 11.6 Å². The van der Waals surface area contributed by atoms with E-state index < -0.39 is 5.41 Å². The quantitative estimate of drug-likeness (QED) is 0.649. The largest absolute Gasteiger partial charge is 0.496 e. The standard InChI is InChI=1S/C27H35FN2O3/c1-29(2)23-10-14-30(15-11-23)26(31)27(12-16-33-17-13-27)19-20-4-6-21(7-5-20)24-18-22(28)8-9-25(24)32-3/h4-9,18,23H,10-17,19H2,1-3H3. The van der Waals surface area contributed by atoms with E-state index in [-0.39, 0.29) is 11.7 Å². The smallest absolute Gasteiger partial charge is 0.229 e. The maximum Gasteiger partial charge on any atom is 0.229 e. The summed E-state index contributed by atoms with van der Waals surface area (Å²) in [7, 11) is 5.82. The number of carbonyl (C=O) groups excluding carboxylic acids is 1. The minimum atomic E-state index is -0.415. The van der Waals surface area contributed by atoms with Crippen LogP contribution >= 0.6 is 0 Å². The number of ether oxygens (including phenoxy) is 2. The molecular weight excluding hydrogens is 419 g/mol. The number of benzene rings is 2. The van der Waals surface area contributed by atoms with Crippen LogP contribution in [0.2, 0.25) is 0 Å². The van der Waals surface area contributed by atoms with Gasteiger partial charge < -0.3 is 19.3 Å². The van der Waals surface area contributed by atoms with Crippen LogP contribution in [-0.4, -0.2) is 69.3 Å². The van der Waals surface area contributed by atoms with Crippen LogP contribution in [0.1, 0.15) is 31.2 Å². The van der Waals surface area contributed by atoms with Gasteiger partial charge in [0.25, 0.3) is 0 Å². The molecule has 0 spiro atoms. The van der Waals surface area contributed by atoms with Crippen molar-refractivity contribution >= 4 is 5.91 Å². The van der Waals surface area contributed by atoms with Crippen molar-refractivity contribution in [2.24, 2.45) is 5.41 Å². The number of carbonyl (C=O) groups is 1. The van der Waals surface area contributed by atoms with Gasteiger partial charge in [-0.25, -0.2) is 4.39 Å². The Balaban J connectivity index is 1.52. The molecule has 1 amide bonds. The van der Waals surface area contributed by atoms with Crippen LogP contribution in [0.4, 0.5) is 4.39 Å². The van der Waals surface area contributed by atoms with Gasteiger partial charge in [0.15, 0.2) is 0 Å². The Bertz CT molecular complexity index is 946. The monoisotopic (exact) mass is 454 g/mol. The minimum Gasteiger partial charge on any atom is -0.496 e. The van der Waals surface area contributed by atoms with Crippen LogP contribution in [-0.2, 0) is 16.0 Å². The van der Waals surface area contributed by atoms with Crippen molar-refractivity contribution in [2.75, 3.05) is 47.5 Å². The van der Waals surface area contributed by atoms with Gasteiger partial charge in [0.2, 0.25) is 5.91 Å². The highest BCUT2D eigenvalue weighted by Crippen LogP contribution is 2.38. The number of hydrogen-bond donors (Lipinski definition) is 0. The first-order chi connectivity index (χ1) is 15.9. The molecule has 2 heterocycles. The van der Waals surface area contributed by atoms with Crippen molar-refractivity contribution in [3.05, 3.63) is 53.8 Å². The Labute approximate surface area is 196 Å². The highest BCUT2D eigenvalue weighted by Gasteiger charge is 2.43. The van der Waals surface area contributed by atoms with Crippen molar-refractivity contribution < 1.29 is 18.7 Å². The molecule has 2 aromatic carbocycles. The van der Waals surface area contributed by atoms with Gasteiger partial charge in [-0.05, 0) is 75.5 Å². The van der Waals surface area contributed by atoms with E-state index in [1.165, 1.54) is 12.1 Å². The molecule has 0 radical (unpaired) electrons. The van der Waals surface area contributed by atoms with Gasteiger partial charge in [-0.15, -0.1) is 0 Å². The van der Waals surface area contributed by atoms with Crippen LogP contribution in [0.15, 0.2) is 42.5 Å². The number of likely N-dealkylation sites (tertiary alicyclic amines) is 1. The second-order valence-corrected chi connectivity index (χ2v) is 9.60. The van der Waals surface area contributed by atoms with E-state index in [0.29, 0.717) is 31.4 Å². The van der Waals surface area contributed by atoms with Gasteiger partial charge in [-0.1, -0.05) is 24.3 Å². The van der Waals surface area contributed by atoms with Gasteiger partial charge in [0.05, 0.1) is 12.5 Å². The Morgan fingerprint density at radius 2 is 1.79 bits per heavy atom. The Morgan fingerprint density at radius 1 is 1.12 bits per heavy atom. The lowest BCUT2D eigenvalue weighted by atomic mass is 9.73. The van der Waals surface area contributed by atoms with Crippen molar-refractivity contribution in [3.63, 3.8) is 0 Å². The summed E-state index contributed by atoms with van der Waals surface area (Å²) in [5.41, 5.74) is 2.33. The maximum absolute atomic E-state index is 13.8. The third-order valence-corrected chi connectivity index (χ3v) is 7.35. The van der Waals surface area contributed by atoms with Crippen LogP contribution in [0, 0.1) is 11.2 Å². The number of methoxy groups -OCH3 is 1. The summed E-state index contributed by atoms with van der Waals surface area (Å²) in [5, 5.41) is 0. The van der Waals surface area contributed by atoms with E-state index in [1.54, 1.807) is 13.2 Å². The lowest BCUT2D eigenvalue weighted by molar-refractivity contribution is -0.149. The summed E-state index contributed by atoms with van der Waals surface area (Å²) in [6, 6.07) is 13.2. The predicted octanol–water partition coefficient (Wildman–Crippen LogP) is 4.39. The normalized spacial score (nSPS) is 19.0. The molecule has 0 bridgehead atoms. The molecule has 0 aromatic heterocycles.